The van der Waals surface area contributed by atoms with Gasteiger partial charge in [0.1, 0.15) is 24.0 Å². The number of nitrogens with zero attached hydrogens (tertiary/aromatic N) is 4. The molecule has 0 spiro atoms. The van der Waals surface area contributed by atoms with Crippen LogP contribution in [0.4, 0.5) is 4.39 Å². The summed E-state index contributed by atoms with van der Waals surface area (Å²) in [6, 6.07) is 4.73. The molecule has 1 aromatic carbocycles. The summed E-state index contributed by atoms with van der Waals surface area (Å²) in [6.45, 7) is 4.27. The maximum absolute atomic E-state index is 14.5. The quantitative estimate of drug-likeness (QED) is 0.430. The van der Waals surface area contributed by atoms with E-state index in [0.29, 0.717) is 35.1 Å². The summed E-state index contributed by atoms with van der Waals surface area (Å²) in [5.74, 6) is 3.03. The number of amidine groups is 1. The van der Waals surface area contributed by atoms with E-state index in [1.54, 1.807) is 25.3 Å². The molecule has 2 aliphatic heterocycles. The van der Waals surface area contributed by atoms with Gasteiger partial charge >= 0.3 is 0 Å². The first-order valence-corrected chi connectivity index (χ1v) is 12.7. The Balaban J connectivity index is 1.06. The molecule has 5 rings (SSSR count). The van der Waals surface area contributed by atoms with Crippen LogP contribution < -0.4 is 4.74 Å². The molecule has 184 valence electrons. The number of hydrogen-bond donors (Lipinski definition) is 0. The van der Waals surface area contributed by atoms with Crippen LogP contribution in [0.1, 0.15) is 44.4 Å². The van der Waals surface area contributed by atoms with Gasteiger partial charge in [0.2, 0.25) is 5.89 Å². The summed E-state index contributed by atoms with van der Waals surface area (Å²) in [6.07, 6.45) is 14.8. The largest absolute Gasteiger partial charge is 0.489 e. The van der Waals surface area contributed by atoms with Crippen molar-refractivity contribution in [3.63, 3.8) is 0 Å². The van der Waals surface area contributed by atoms with Gasteiger partial charge in [-0.2, -0.15) is 0 Å². The molecule has 0 unspecified atom stereocenters. The van der Waals surface area contributed by atoms with E-state index in [1.165, 1.54) is 30.9 Å². The highest BCUT2D eigenvalue weighted by Crippen LogP contribution is 2.38. The second-order valence-electron chi connectivity index (χ2n) is 9.42. The smallest absolute Gasteiger partial charge is 0.250 e. The number of aryl methyl sites for hydroxylation is 1. The van der Waals surface area contributed by atoms with Crippen LogP contribution in [0.5, 0.6) is 5.75 Å². The lowest BCUT2D eigenvalue weighted by Gasteiger charge is -2.34. The van der Waals surface area contributed by atoms with E-state index in [1.807, 2.05) is 6.08 Å². The SMILES string of the molecule is Cc1nnc(-c2ccc(OCC3=C[C@@H]3CC3CCN(C4=N/C=C(Cl)\C=C/CCC4)CC3)cc2F)o1. The molecule has 0 N–H and O–H groups in total. The number of benzene rings is 1. The molecule has 6 nitrogen and oxygen atoms in total. The third-order valence-corrected chi connectivity index (χ3v) is 7.06. The zero-order valence-corrected chi connectivity index (χ0v) is 20.7. The van der Waals surface area contributed by atoms with Gasteiger partial charge in [0.15, 0.2) is 0 Å². The molecule has 0 bridgehead atoms. The van der Waals surface area contributed by atoms with Gasteiger partial charge in [-0.15, -0.1) is 10.2 Å². The maximum Gasteiger partial charge on any atom is 0.250 e. The van der Waals surface area contributed by atoms with Gasteiger partial charge < -0.3 is 14.1 Å². The van der Waals surface area contributed by atoms with Crippen molar-refractivity contribution in [2.75, 3.05) is 19.7 Å². The minimum atomic E-state index is -0.433. The average molecular weight is 497 g/mol. The van der Waals surface area contributed by atoms with E-state index < -0.39 is 5.82 Å². The first-order chi connectivity index (χ1) is 17.0. The number of allylic oxidation sites excluding steroid dienone is 4. The summed E-state index contributed by atoms with van der Waals surface area (Å²) < 4.78 is 25.6. The number of ether oxygens (including phenoxy) is 1. The van der Waals surface area contributed by atoms with Crippen molar-refractivity contribution in [1.82, 2.24) is 15.1 Å². The normalized spacial score (nSPS) is 23.3. The molecular weight excluding hydrogens is 467 g/mol. The lowest BCUT2D eigenvalue weighted by molar-refractivity contribution is 0.246. The lowest BCUT2D eigenvalue weighted by Crippen LogP contribution is -2.38. The summed E-state index contributed by atoms with van der Waals surface area (Å²) in [5.41, 5.74) is 1.59. The van der Waals surface area contributed by atoms with Crippen LogP contribution in [0.15, 0.2) is 62.6 Å². The minimum absolute atomic E-state index is 0.178. The molecule has 3 heterocycles. The lowest BCUT2D eigenvalue weighted by atomic mass is 9.90. The summed E-state index contributed by atoms with van der Waals surface area (Å²) >= 11 is 6.18. The topological polar surface area (TPSA) is 63.8 Å². The molecule has 2 aromatic rings. The Hall–Kier alpha value is -2.93. The van der Waals surface area contributed by atoms with Crippen molar-refractivity contribution in [3.8, 4) is 17.2 Å². The fraction of sp³-hybridized carbons (Fsp3) is 0.444. The van der Waals surface area contributed by atoms with Crippen LogP contribution in [0.2, 0.25) is 0 Å². The fourth-order valence-electron chi connectivity index (χ4n) is 4.76. The number of aliphatic imine (C=N–C) groups is 1. The van der Waals surface area contributed by atoms with Gasteiger partial charge in [0.25, 0.3) is 5.89 Å². The van der Waals surface area contributed by atoms with Gasteiger partial charge in [-0.3, -0.25) is 0 Å². The molecule has 35 heavy (non-hydrogen) atoms. The van der Waals surface area contributed by atoms with Crippen LogP contribution >= 0.6 is 11.6 Å². The Morgan fingerprint density at radius 3 is 2.86 bits per heavy atom. The minimum Gasteiger partial charge on any atom is -0.489 e. The Kier molecular flexibility index (Phi) is 7.32. The van der Waals surface area contributed by atoms with E-state index in [2.05, 4.69) is 32.2 Å². The zero-order valence-electron chi connectivity index (χ0n) is 19.9. The molecular formula is C27H30ClFN4O2. The average Bonchev–Trinajstić information content (AvgIpc) is 3.42. The molecule has 1 atom stereocenters. The van der Waals surface area contributed by atoms with Crippen molar-refractivity contribution in [2.45, 2.75) is 45.4 Å². The third-order valence-electron chi connectivity index (χ3n) is 6.84. The van der Waals surface area contributed by atoms with E-state index in [-0.39, 0.29) is 11.5 Å². The number of rotatable bonds is 6. The Bertz CT molecular complexity index is 1180. The van der Waals surface area contributed by atoms with Crippen molar-refractivity contribution < 1.29 is 13.5 Å². The molecule has 3 aliphatic rings. The Labute approximate surface area is 210 Å². The Morgan fingerprint density at radius 2 is 2.09 bits per heavy atom. The standard InChI is InChI=1S/C27H30ClFN4O2/c1-18-31-32-27(35-18)24-8-7-23(15-25(24)29)34-17-21-14-20(21)13-19-9-11-33(12-10-19)26-6-4-2-3-5-22(28)16-30-26/h3,5,7-8,14-16,19-20H,2,4,6,9-13,17H2,1H3/b5-3-,22-16+,30-26?/t20-/m0/s1. The summed E-state index contributed by atoms with van der Waals surface area (Å²) in [7, 11) is 0. The number of halogens is 2. The van der Waals surface area contributed by atoms with E-state index in [9.17, 15) is 4.39 Å². The predicted octanol–water partition coefficient (Wildman–Crippen LogP) is 6.44. The van der Waals surface area contributed by atoms with Gasteiger partial charge in [-0.05, 0) is 61.8 Å². The molecule has 0 radical (unpaired) electrons. The highest BCUT2D eigenvalue weighted by molar-refractivity contribution is 6.31. The van der Waals surface area contributed by atoms with Crippen molar-refractivity contribution in [3.05, 3.63) is 64.9 Å². The molecule has 1 aromatic heterocycles. The van der Waals surface area contributed by atoms with Gasteiger partial charge in [0, 0.05) is 44.6 Å². The van der Waals surface area contributed by atoms with Crippen LogP contribution in [0.3, 0.4) is 0 Å². The first-order valence-electron chi connectivity index (χ1n) is 12.3. The highest BCUT2D eigenvalue weighted by atomic mass is 35.5. The van der Waals surface area contributed by atoms with Crippen molar-refractivity contribution in [1.29, 1.82) is 0 Å². The monoisotopic (exact) mass is 496 g/mol. The summed E-state index contributed by atoms with van der Waals surface area (Å²) in [5, 5.41) is 8.32. The van der Waals surface area contributed by atoms with Gasteiger partial charge in [-0.25, -0.2) is 9.38 Å². The second-order valence-corrected chi connectivity index (χ2v) is 9.86. The van der Waals surface area contributed by atoms with Gasteiger partial charge in [-0.1, -0.05) is 23.8 Å². The molecule has 1 fully saturated rings. The summed E-state index contributed by atoms with van der Waals surface area (Å²) in [4.78, 5) is 7.10. The highest BCUT2D eigenvalue weighted by Gasteiger charge is 2.30. The number of likely N-dealkylation sites (tertiary alicyclic amines) is 1. The fourth-order valence-corrected chi connectivity index (χ4v) is 4.90. The van der Waals surface area contributed by atoms with Gasteiger partial charge in [0.05, 0.1) is 10.6 Å². The van der Waals surface area contributed by atoms with Crippen LogP contribution in [0.25, 0.3) is 11.5 Å². The molecule has 1 aliphatic carbocycles. The first kappa shape index (κ1) is 23.8. The van der Waals surface area contributed by atoms with Crippen LogP contribution in [-0.2, 0) is 0 Å². The van der Waals surface area contributed by atoms with E-state index >= 15 is 0 Å². The maximum atomic E-state index is 14.5. The van der Waals surface area contributed by atoms with E-state index in [0.717, 1.165) is 38.2 Å². The number of hydrogen-bond acceptors (Lipinski definition) is 6. The zero-order chi connectivity index (χ0) is 24.2. The predicted molar refractivity (Wildman–Crippen MR) is 135 cm³/mol. The molecule has 0 saturated carbocycles. The van der Waals surface area contributed by atoms with Crippen LogP contribution in [-0.4, -0.2) is 40.6 Å². The molecule has 1 saturated heterocycles. The van der Waals surface area contributed by atoms with Crippen molar-refractivity contribution >= 4 is 17.4 Å². The molecule has 0 amide bonds. The third kappa shape index (κ3) is 6.20. The molecule has 8 heteroatoms. The Morgan fingerprint density at radius 1 is 1.23 bits per heavy atom. The number of aromatic nitrogens is 2. The number of piperidine rings is 1. The van der Waals surface area contributed by atoms with E-state index in [4.69, 9.17) is 20.8 Å². The van der Waals surface area contributed by atoms with Crippen LogP contribution in [0, 0.1) is 24.6 Å². The van der Waals surface area contributed by atoms with Crippen molar-refractivity contribution in [2.24, 2.45) is 16.8 Å². The second kappa shape index (κ2) is 10.8.